The molecule has 9 nitrogen and oxygen atoms in total. The number of ether oxygens (including phenoxy) is 1. The van der Waals surface area contributed by atoms with Gasteiger partial charge in [-0.05, 0) is 31.4 Å². The Kier molecular flexibility index (Phi) is 7.62. The molecule has 0 aliphatic carbocycles. The third kappa shape index (κ3) is 5.30. The van der Waals surface area contributed by atoms with E-state index in [0.29, 0.717) is 64.7 Å². The Balaban J connectivity index is 1.43. The van der Waals surface area contributed by atoms with Crippen molar-refractivity contribution in [2.24, 2.45) is 0 Å². The van der Waals surface area contributed by atoms with Crippen molar-refractivity contribution in [1.82, 2.24) is 24.5 Å². The number of nitrogens with zero attached hydrogens (tertiary/aromatic N) is 5. The van der Waals surface area contributed by atoms with Gasteiger partial charge in [-0.2, -0.15) is 5.10 Å². The van der Waals surface area contributed by atoms with Crippen LogP contribution in [0, 0.1) is 6.92 Å². The number of carbonyl (C=O) groups is 3. The Morgan fingerprint density at radius 1 is 1.12 bits per heavy atom. The summed E-state index contributed by atoms with van der Waals surface area (Å²) in [5, 5.41) is 4.47. The number of fused-ring (bicyclic) bond motifs is 1. The summed E-state index contributed by atoms with van der Waals surface area (Å²) in [5.41, 5.74) is 2.95. The van der Waals surface area contributed by atoms with Crippen LogP contribution in [0.1, 0.15) is 51.9 Å². The summed E-state index contributed by atoms with van der Waals surface area (Å²) in [6.07, 6.45) is 1.03. The second-order valence-corrected chi connectivity index (χ2v) is 8.77. The van der Waals surface area contributed by atoms with Gasteiger partial charge in [-0.3, -0.25) is 19.1 Å². The van der Waals surface area contributed by atoms with E-state index in [1.165, 1.54) is 0 Å². The SMILES string of the molecule is CCN(CCC(=O)N1CCOCC1)C(=O)c1cc2n(n1)CCCN(Cc1ccccc1C)C2=O. The fraction of sp³-hybridized carbons (Fsp3) is 0.520. The number of aromatic nitrogens is 2. The molecular weight excluding hydrogens is 434 g/mol. The first-order valence-corrected chi connectivity index (χ1v) is 12.0. The highest BCUT2D eigenvalue weighted by Crippen LogP contribution is 2.19. The number of rotatable bonds is 7. The smallest absolute Gasteiger partial charge is 0.274 e. The van der Waals surface area contributed by atoms with Crippen LogP contribution in [0.5, 0.6) is 0 Å². The van der Waals surface area contributed by atoms with E-state index in [1.54, 1.807) is 20.5 Å². The van der Waals surface area contributed by atoms with Crippen molar-refractivity contribution in [3.05, 3.63) is 52.8 Å². The molecule has 3 heterocycles. The summed E-state index contributed by atoms with van der Waals surface area (Å²) in [5.74, 6) is -0.342. The molecule has 182 valence electrons. The molecule has 1 saturated heterocycles. The zero-order valence-electron chi connectivity index (χ0n) is 20.0. The summed E-state index contributed by atoms with van der Waals surface area (Å²) in [7, 11) is 0. The van der Waals surface area contributed by atoms with Gasteiger partial charge in [0.2, 0.25) is 5.91 Å². The van der Waals surface area contributed by atoms with Gasteiger partial charge in [0.15, 0.2) is 5.69 Å². The Bertz CT molecular complexity index is 1040. The summed E-state index contributed by atoms with van der Waals surface area (Å²) in [6, 6.07) is 9.66. The Morgan fingerprint density at radius 3 is 2.62 bits per heavy atom. The van der Waals surface area contributed by atoms with E-state index in [0.717, 1.165) is 17.5 Å². The van der Waals surface area contributed by atoms with Gasteiger partial charge in [0.05, 0.1) is 13.2 Å². The van der Waals surface area contributed by atoms with Crippen molar-refractivity contribution >= 4 is 17.7 Å². The van der Waals surface area contributed by atoms with Crippen molar-refractivity contribution < 1.29 is 19.1 Å². The maximum atomic E-state index is 13.3. The van der Waals surface area contributed by atoms with Crippen molar-refractivity contribution in [2.45, 2.75) is 39.8 Å². The molecule has 1 fully saturated rings. The van der Waals surface area contributed by atoms with Crippen LogP contribution in [-0.4, -0.2) is 88.1 Å². The minimum absolute atomic E-state index is 0.0252. The van der Waals surface area contributed by atoms with Crippen molar-refractivity contribution in [3.63, 3.8) is 0 Å². The normalized spacial score (nSPS) is 16.2. The van der Waals surface area contributed by atoms with Gasteiger partial charge >= 0.3 is 0 Å². The average Bonchev–Trinajstić information content (AvgIpc) is 3.23. The molecular formula is C25H33N5O4. The lowest BCUT2D eigenvalue weighted by Crippen LogP contribution is -2.42. The third-order valence-corrected chi connectivity index (χ3v) is 6.55. The fourth-order valence-corrected chi connectivity index (χ4v) is 4.45. The average molecular weight is 468 g/mol. The summed E-state index contributed by atoms with van der Waals surface area (Å²) in [4.78, 5) is 44.2. The zero-order valence-corrected chi connectivity index (χ0v) is 20.0. The first kappa shape index (κ1) is 23.9. The number of morpholine rings is 1. The first-order valence-electron chi connectivity index (χ1n) is 12.0. The topological polar surface area (TPSA) is 88.0 Å². The standard InChI is InChI=1S/C25H33N5O4/c1-3-27(12-9-23(31)28-13-15-34-16-14-28)24(32)21-17-22-25(33)29(10-6-11-30(22)26-21)18-20-8-5-4-7-19(20)2/h4-5,7-8,17H,3,6,9-16,18H2,1-2H3. The molecule has 4 rings (SSSR count). The Labute approximate surface area is 200 Å². The molecule has 2 aliphatic rings. The molecule has 9 heteroatoms. The largest absolute Gasteiger partial charge is 0.378 e. The van der Waals surface area contributed by atoms with Gasteiger partial charge in [0.1, 0.15) is 5.69 Å². The maximum Gasteiger partial charge on any atom is 0.274 e. The zero-order chi connectivity index (χ0) is 24.1. The Hall–Kier alpha value is -3.20. The van der Waals surface area contributed by atoms with Gasteiger partial charge < -0.3 is 19.4 Å². The predicted molar refractivity (Wildman–Crippen MR) is 126 cm³/mol. The lowest BCUT2D eigenvalue weighted by molar-refractivity contribution is -0.135. The van der Waals surface area contributed by atoms with Crippen LogP contribution in [-0.2, 0) is 22.6 Å². The molecule has 34 heavy (non-hydrogen) atoms. The molecule has 0 unspecified atom stereocenters. The van der Waals surface area contributed by atoms with E-state index in [4.69, 9.17) is 4.74 Å². The minimum Gasteiger partial charge on any atom is -0.378 e. The molecule has 0 N–H and O–H groups in total. The van der Waals surface area contributed by atoms with Crippen LogP contribution in [0.15, 0.2) is 30.3 Å². The highest BCUT2D eigenvalue weighted by atomic mass is 16.5. The number of benzene rings is 1. The molecule has 0 saturated carbocycles. The molecule has 2 aromatic rings. The lowest BCUT2D eigenvalue weighted by Gasteiger charge is -2.28. The van der Waals surface area contributed by atoms with E-state index in [2.05, 4.69) is 5.10 Å². The number of aryl methyl sites for hydroxylation is 2. The predicted octanol–water partition coefficient (Wildman–Crippen LogP) is 1.95. The van der Waals surface area contributed by atoms with Crippen LogP contribution >= 0.6 is 0 Å². The summed E-state index contributed by atoms with van der Waals surface area (Å²) < 4.78 is 6.95. The van der Waals surface area contributed by atoms with Crippen molar-refractivity contribution in [2.75, 3.05) is 45.9 Å². The molecule has 0 spiro atoms. The monoisotopic (exact) mass is 467 g/mol. The maximum absolute atomic E-state index is 13.3. The Morgan fingerprint density at radius 2 is 1.88 bits per heavy atom. The molecule has 0 atom stereocenters. The number of carbonyl (C=O) groups excluding carboxylic acids is 3. The molecule has 1 aromatic carbocycles. The molecule has 0 radical (unpaired) electrons. The van der Waals surface area contributed by atoms with Crippen molar-refractivity contribution in [1.29, 1.82) is 0 Å². The van der Waals surface area contributed by atoms with Crippen LogP contribution in [0.3, 0.4) is 0 Å². The van der Waals surface area contributed by atoms with Crippen LogP contribution in [0.2, 0.25) is 0 Å². The summed E-state index contributed by atoms with van der Waals surface area (Å²) in [6.45, 7) is 8.76. The second-order valence-electron chi connectivity index (χ2n) is 8.77. The van der Waals surface area contributed by atoms with E-state index < -0.39 is 0 Å². The van der Waals surface area contributed by atoms with Gasteiger partial charge in [-0.25, -0.2) is 0 Å². The minimum atomic E-state index is -0.254. The van der Waals surface area contributed by atoms with Gasteiger partial charge in [0, 0.05) is 58.3 Å². The molecule has 3 amide bonds. The van der Waals surface area contributed by atoms with E-state index in [9.17, 15) is 14.4 Å². The van der Waals surface area contributed by atoms with Crippen LogP contribution < -0.4 is 0 Å². The van der Waals surface area contributed by atoms with Crippen molar-refractivity contribution in [3.8, 4) is 0 Å². The quantitative estimate of drug-likeness (QED) is 0.621. The van der Waals surface area contributed by atoms with E-state index >= 15 is 0 Å². The highest BCUT2D eigenvalue weighted by molar-refractivity contribution is 5.98. The highest BCUT2D eigenvalue weighted by Gasteiger charge is 2.28. The van der Waals surface area contributed by atoms with Gasteiger partial charge in [-0.1, -0.05) is 24.3 Å². The molecule has 0 bridgehead atoms. The van der Waals surface area contributed by atoms with Gasteiger partial charge in [-0.15, -0.1) is 0 Å². The van der Waals surface area contributed by atoms with E-state index in [1.807, 2.05) is 43.0 Å². The van der Waals surface area contributed by atoms with Crippen LogP contribution in [0.25, 0.3) is 0 Å². The molecule has 2 aliphatic heterocycles. The third-order valence-electron chi connectivity index (χ3n) is 6.55. The second kappa shape index (κ2) is 10.8. The number of hydrogen-bond donors (Lipinski definition) is 0. The number of amides is 3. The first-order chi connectivity index (χ1) is 16.5. The number of hydrogen-bond acceptors (Lipinski definition) is 5. The fourth-order valence-electron chi connectivity index (χ4n) is 4.45. The van der Waals surface area contributed by atoms with Crippen LogP contribution in [0.4, 0.5) is 0 Å². The summed E-state index contributed by atoms with van der Waals surface area (Å²) >= 11 is 0. The molecule has 1 aromatic heterocycles. The van der Waals surface area contributed by atoms with E-state index in [-0.39, 0.29) is 29.8 Å². The lowest BCUT2D eigenvalue weighted by atomic mass is 10.1. The van der Waals surface area contributed by atoms with Gasteiger partial charge in [0.25, 0.3) is 11.8 Å².